The van der Waals surface area contributed by atoms with Gasteiger partial charge in [-0.1, -0.05) is 26.2 Å². The van der Waals surface area contributed by atoms with Crippen LogP contribution in [0.15, 0.2) is 0 Å². The molecule has 2 fully saturated rings. The van der Waals surface area contributed by atoms with Crippen molar-refractivity contribution < 1.29 is 4.74 Å². The minimum Gasteiger partial charge on any atom is -0.377 e. The second-order valence-corrected chi connectivity index (χ2v) is 5.67. The molecule has 1 heterocycles. The van der Waals surface area contributed by atoms with Gasteiger partial charge in [0, 0.05) is 12.6 Å². The van der Waals surface area contributed by atoms with Crippen LogP contribution in [0.4, 0.5) is 0 Å². The number of ether oxygens (including phenoxy) is 1. The number of hydrogen-bond acceptors (Lipinski definition) is 2. The Bertz CT molecular complexity index is 193. The van der Waals surface area contributed by atoms with E-state index < -0.39 is 0 Å². The fourth-order valence-corrected chi connectivity index (χ4v) is 3.35. The molecule has 0 aromatic rings. The molecule has 16 heavy (non-hydrogen) atoms. The summed E-state index contributed by atoms with van der Waals surface area (Å²) in [5.41, 5.74) is 6.39. The highest BCUT2D eigenvalue weighted by Crippen LogP contribution is 2.34. The third-order valence-electron chi connectivity index (χ3n) is 4.66. The summed E-state index contributed by atoms with van der Waals surface area (Å²) < 4.78 is 5.82. The van der Waals surface area contributed by atoms with Gasteiger partial charge in [-0.15, -0.1) is 0 Å². The van der Waals surface area contributed by atoms with E-state index in [2.05, 4.69) is 6.92 Å². The van der Waals surface area contributed by atoms with E-state index >= 15 is 0 Å². The molecule has 2 heteroatoms. The molecule has 1 saturated carbocycles. The Kier molecular flexibility index (Phi) is 4.66. The lowest BCUT2D eigenvalue weighted by atomic mass is 9.76. The third kappa shape index (κ3) is 2.98. The van der Waals surface area contributed by atoms with Gasteiger partial charge >= 0.3 is 0 Å². The van der Waals surface area contributed by atoms with Crippen LogP contribution >= 0.6 is 0 Å². The van der Waals surface area contributed by atoms with Gasteiger partial charge in [-0.25, -0.2) is 0 Å². The molecule has 2 unspecified atom stereocenters. The van der Waals surface area contributed by atoms with E-state index in [4.69, 9.17) is 10.5 Å². The number of nitrogens with two attached hydrogens (primary N) is 1. The van der Waals surface area contributed by atoms with Crippen molar-refractivity contribution in [3.8, 4) is 0 Å². The second kappa shape index (κ2) is 6.02. The SMILES string of the molecule is CCC1CCC(C(N)C2CCCCO2)CC1. The Morgan fingerprint density at radius 1 is 1.12 bits per heavy atom. The van der Waals surface area contributed by atoms with Crippen LogP contribution in [0.1, 0.15) is 58.3 Å². The van der Waals surface area contributed by atoms with E-state index in [-0.39, 0.29) is 0 Å². The van der Waals surface area contributed by atoms with Crippen LogP contribution in [0.3, 0.4) is 0 Å². The van der Waals surface area contributed by atoms with Crippen LogP contribution < -0.4 is 5.73 Å². The Hall–Kier alpha value is -0.0800. The van der Waals surface area contributed by atoms with Crippen molar-refractivity contribution in [2.45, 2.75) is 70.4 Å². The first-order valence-corrected chi connectivity index (χ1v) is 7.18. The van der Waals surface area contributed by atoms with E-state index in [0.29, 0.717) is 12.1 Å². The molecular weight excluding hydrogens is 198 g/mol. The predicted octanol–water partition coefficient (Wildman–Crippen LogP) is 3.10. The highest BCUT2D eigenvalue weighted by Gasteiger charge is 2.31. The van der Waals surface area contributed by atoms with Gasteiger partial charge in [0.05, 0.1) is 6.10 Å². The van der Waals surface area contributed by atoms with Crippen molar-refractivity contribution in [2.24, 2.45) is 17.6 Å². The topological polar surface area (TPSA) is 35.2 Å². The first-order chi connectivity index (χ1) is 7.81. The van der Waals surface area contributed by atoms with Gasteiger partial charge in [0.25, 0.3) is 0 Å². The Morgan fingerprint density at radius 3 is 2.44 bits per heavy atom. The van der Waals surface area contributed by atoms with Gasteiger partial charge in [0.2, 0.25) is 0 Å². The fourth-order valence-electron chi connectivity index (χ4n) is 3.35. The zero-order chi connectivity index (χ0) is 11.4. The summed E-state index contributed by atoms with van der Waals surface area (Å²) in [4.78, 5) is 0. The molecule has 1 saturated heterocycles. The van der Waals surface area contributed by atoms with Gasteiger partial charge in [0.1, 0.15) is 0 Å². The average Bonchev–Trinajstić information content (AvgIpc) is 2.39. The fraction of sp³-hybridized carbons (Fsp3) is 1.00. The number of hydrogen-bond donors (Lipinski definition) is 1. The minimum absolute atomic E-state index is 0.304. The lowest BCUT2D eigenvalue weighted by molar-refractivity contribution is -0.0170. The molecule has 0 aromatic heterocycles. The van der Waals surface area contributed by atoms with E-state index in [1.165, 1.54) is 51.4 Å². The molecule has 2 rings (SSSR count). The molecular formula is C14H27NO. The summed E-state index contributed by atoms with van der Waals surface area (Å²) in [7, 11) is 0. The average molecular weight is 225 g/mol. The van der Waals surface area contributed by atoms with Gasteiger partial charge < -0.3 is 10.5 Å². The maximum atomic E-state index is 6.39. The molecule has 94 valence electrons. The first-order valence-electron chi connectivity index (χ1n) is 7.18. The van der Waals surface area contributed by atoms with Crippen molar-refractivity contribution >= 4 is 0 Å². The number of rotatable bonds is 3. The molecule has 2 nitrogen and oxygen atoms in total. The van der Waals surface area contributed by atoms with Gasteiger partial charge in [-0.3, -0.25) is 0 Å². The largest absolute Gasteiger partial charge is 0.377 e. The molecule has 0 amide bonds. The van der Waals surface area contributed by atoms with Gasteiger partial charge in [-0.05, 0) is 43.9 Å². The predicted molar refractivity (Wildman–Crippen MR) is 67.3 cm³/mol. The molecule has 0 radical (unpaired) electrons. The van der Waals surface area contributed by atoms with Crippen molar-refractivity contribution in [1.29, 1.82) is 0 Å². The standard InChI is InChI=1S/C14H27NO/c1-2-11-6-8-12(9-7-11)14(15)13-5-3-4-10-16-13/h11-14H,2-10,15H2,1H3. The summed E-state index contributed by atoms with van der Waals surface area (Å²) in [6.45, 7) is 3.25. The van der Waals surface area contributed by atoms with E-state index in [0.717, 1.165) is 18.4 Å². The highest BCUT2D eigenvalue weighted by atomic mass is 16.5. The summed E-state index contributed by atoms with van der Waals surface area (Å²) >= 11 is 0. The molecule has 0 aromatic carbocycles. The molecule has 0 bridgehead atoms. The maximum absolute atomic E-state index is 6.39. The molecule has 1 aliphatic carbocycles. The normalized spacial score (nSPS) is 38.2. The quantitative estimate of drug-likeness (QED) is 0.801. The highest BCUT2D eigenvalue weighted by molar-refractivity contribution is 4.86. The molecule has 0 spiro atoms. The first kappa shape index (κ1) is 12.4. The summed E-state index contributed by atoms with van der Waals surface area (Å²) in [5.74, 6) is 1.70. The zero-order valence-corrected chi connectivity index (χ0v) is 10.7. The second-order valence-electron chi connectivity index (χ2n) is 5.67. The van der Waals surface area contributed by atoms with Crippen LogP contribution in [0.25, 0.3) is 0 Å². The summed E-state index contributed by atoms with van der Waals surface area (Å²) in [6, 6.07) is 0.304. The van der Waals surface area contributed by atoms with Gasteiger partial charge in [0.15, 0.2) is 0 Å². The van der Waals surface area contributed by atoms with E-state index in [1.807, 2.05) is 0 Å². The van der Waals surface area contributed by atoms with Crippen LogP contribution in [-0.4, -0.2) is 18.8 Å². The maximum Gasteiger partial charge on any atom is 0.0728 e. The van der Waals surface area contributed by atoms with Crippen molar-refractivity contribution in [3.05, 3.63) is 0 Å². The van der Waals surface area contributed by atoms with Gasteiger partial charge in [-0.2, -0.15) is 0 Å². The van der Waals surface area contributed by atoms with Crippen molar-refractivity contribution in [2.75, 3.05) is 6.61 Å². The zero-order valence-electron chi connectivity index (χ0n) is 10.7. The Morgan fingerprint density at radius 2 is 1.88 bits per heavy atom. The Labute approximate surface area is 99.9 Å². The van der Waals surface area contributed by atoms with Crippen molar-refractivity contribution in [3.63, 3.8) is 0 Å². The van der Waals surface area contributed by atoms with Crippen LogP contribution in [0, 0.1) is 11.8 Å². The van der Waals surface area contributed by atoms with Crippen LogP contribution in [0.5, 0.6) is 0 Å². The van der Waals surface area contributed by atoms with Crippen molar-refractivity contribution in [1.82, 2.24) is 0 Å². The Balaban J connectivity index is 1.78. The molecule has 2 aliphatic rings. The minimum atomic E-state index is 0.304. The molecule has 2 atom stereocenters. The smallest absolute Gasteiger partial charge is 0.0728 e. The summed E-state index contributed by atoms with van der Waals surface area (Å²) in [6.07, 6.45) is 10.9. The van der Waals surface area contributed by atoms with E-state index in [1.54, 1.807) is 0 Å². The summed E-state index contributed by atoms with van der Waals surface area (Å²) in [5, 5.41) is 0. The van der Waals surface area contributed by atoms with Crippen LogP contribution in [0.2, 0.25) is 0 Å². The lowest BCUT2D eigenvalue weighted by Crippen LogP contribution is -2.45. The molecule has 2 N–H and O–H groups in total. The third-order valence-corrected chi connectivity index (χ3v) is 4.66. The van der Waals surface area contributed by atoms with Crippen LogP contribution in [-0.2, 0) is 4.74 Å². The lowest BCUT2D eigenvalue weighted by Gasteiger charge is -2.37. The monoisotopic (exact) mass is 225 g/mol. The van der Waals surface area contributed by atoms with E-state index in [9.17, 15) is 0 Å². The molecule has 1 aliphatic heterocycles.